The molecule has 1 aliphatic rings. The Bertz CT molecular complexity index is 636. The third kappa shape index (κ3) is 3.36. The SMILES string of the molecule is O=C(NCC(O)C1CCCCC1)Nc1ccnc2ccnn12. The highest BCUT2D eigenvalue weighted by atomic mass is 16.3. The first-order valence-electron chi connectivity index (χ1n) is 7.76. The van der Waals surface area contributed by atoms with Crippen LogP contribution in [-0.4, -0.2) is 38.4 Å². The molecular formula is C15H21N5O2. The van der Waals surface area contributed by atoms with Crippen molar-refractivity contribution in [3.05, 3.63) is 24.5 Å². The highest BCUT2D eigenvalue weighted by Gasteiger charge is 2.22. The maximum atomic E-state index is 12.0. The molecule has 0 bridgehead atoms. The summed E-state index contributed by atoms with van der Waals surface area (Å²) in [6.07, 6.45) is 8.43. The van der Waals surface area contributed by atoms with E-state index in [1.54, 1.807) is 29.0 Å². The Hall–Kier alpha value is -2.15. The van der Waals surface area contributed by atoms with Crippen LogP contribution in [0.5, 0.6) is 0 Å². The number of nitrogens with zero attached hydrogens (tertiary/aromatic N) is 3. The van der Waals surface area contributed by atoms with Crippen LogP contribution in [0.2, 0.25) is 0 Å². The Kier molecular flexibility index (Phi) is 4.53. The predicted molar refractivity (Wildman–Crippen MR) is 82.6 cm³/mol. The highest BCUT2D eigenvalue weighted by molar-refractivity contribution is 5.88. The maximum Gasteiger partial charge on any atom is 0.320 e. The molecule has 22 heavy (non-hydrogen) atoms. The summed E-state index contributed by atoms with van der Waals surface area (Å²) in [5.41, 5.74) is 0.667. The third-order valence-corrected chi connectivity index (χ3v) is 4.20. The van der Waals surface area contributed by atoms with Gasteiger partial charge >= 0.3 is 6.03 Å². The lowest BCUT2D eigenvalue weighted by Crippen LogP contribution is -2.39. The van der Waals surface area contributed by atoms with Gasteiger partial charge in [-0.15, -0.1) is 0 Å². The van der Waals surface area contributed by atoms with Crippen LogP contribution in [0.1, 0.15) is 32.1 Å². The van der Waals surface area contributed by atoms with Gasteiger partial charge in [-0.2, -0.15) is 9.61 Å². The number of rotatable bonds is 4. The summed E-state index contributed by atoms with van der Waals surface area (Å²) in [5.74, 6) is 0.840. The van der Waals surface area contributed by atoms with Crippen LogP contribution in [0.4, 0.5) is 10.6 Å². The van der Waals surface area contributed by atoms with Crippen LogP contribution in [0.3, 0.4) is 0 Å². The Morgan fingerprint density at radius 2 is 2.14 bits per heavy atom. The van der Waals surface area contributed by atoms with Gasteiger partial charge in [0.05, 0.1) is 12.3 Å². The minimum absolute atomic E-state index is 0.268. The number of fused-ring (bicyclic) bond motifs is 1. The molecule has 7 heteroatoms. The molecule has 3 N–H and O–H groups in total. The maximum absolute atomic E-state index is 12.0. The molecule has 2 heterocycles. The van der Waals surface area contributed by atoms with Crippen LogP contribution in [0, 0.1) is 5.92 Å². The van der Waals surface area contributed by atoms with Crippen molar-refractivity contribution in [1.82, 2.24) is 19.9 Å². The fourth-order valence-corrected chi connectivity index (χ4v) is 2.97. The van der Waals surface area contributed by atoms with Crippen molar-refractivity contribution < 1.29 is 9.90 Å². The molecule has 0 aliphatic heterocycles. The van der Waals surface area contributed by atoms with Crippen molar-refractivity contribution in [2.24, 2.45) is 5.92 Å². The van der Waals surface area contributed by atoms with Gasteiger partial charge in [0.15, 0.2) is 5.65 Å². The van der Waals surface area contributed by atoms with Crippen molar-refractivity contribution in [3.63, 3.8) is 0 Å². The molecule has 1 atom stereocenters. The van der Waals surface area contributed by atoms with Gasteiger partial charge in [0.1, 0.15) is 5.82 Å². The van der Waals surface area contributed by atoms with Gasteiger partial charge in [-0.25, -0.2) is 9.78 Å². The molecule has 2 aromatic heterocycles. The molecule has 1 saturated carbocycles. The number of aliphatic hydroxyl groups excluding tert-OH is 1. The van der Waals surface area contributed by atoms with Crippen LogP contribution in [0.25, 0.3) is 5.65 Å². The first-order valence-corrected chi connectivity index (χ1v) is 7.76. The van der Waals surface area contributed by atoms with Crippen molar-refractivity contribution in [2.75, 3.05) is 11.9 Å². The lowest BCUT2D eigenvalue weighted by molar-refractivity contribution is 0.0863. The molecule has 1 unspecified atom stereocenters. The number of hydrogen-bond acceptors (Lipinski definition) is 4. The summed E-state index contributed by atoms with van der Waals surface area (Å²) in [5, 5.41) is 19.7. The zero-order valence-corrected chi connectivity index (χ0v) is 12.4. The van der Waals surface area contributed by atoms with E-state index in [0.29, 0.717) is 17.4 Å². The normalized spacial score (nSPS) is 17.3. The van der Waals surface area contributed by atoms with E-state index < -0.39 is 6.10 Å². The van der Waals surface area contributed by atoms with Gasteiger partial charge in [-0.05, 0) is 24.8 Å². The molecule has 2 amide bonds. The highest BCUT2D eigenvalue weighted by Crippen LogP contribution is 2.26. The number of hydrogen-bond donors (Lipinski definition) is 3. The average Bonchev–Trinajstić information content (AvgIpc) is 3.03. The summed E-state index contributed by atoms with van der Waals surface area (Å²) in [7, 11) is 0. The Morgan fingerprint density at radius 1 is 1.32 bits per heavy atom. The molecule has 3 rings (SSSR count). The van der Waals surface area contributed by atoms with Crippen LogP contribution in [-0.2, 0) is 0 Å². The Balaban J connectivity index is 1.53. The van der Waals surface area contributed by atoms with Gasteiger partial charge in [0.2, 0.25) is 0 Å². The second-order valence-electron chi connectivity index (χ2n) is 5.73. The van der Waals surface area contributed by atoms with Gasteiger partial charge < -0.3 is 10.4 Å². The van der Waals surface area contributed by atoms with E-state index >= 15 is 0 Å². The molecule has 0 aromatic carbocycles. The van der Waals surface area contributed by atoms with E-state index in [4.69, 9.17) is 0 Å². The summed E-state index contributed by atoms with van der Waals surface area (Å²) in [4.78, 5) is 16.1. The molecule has 1 fully saturated rings. The predicted octanol–water partition coefficient (Wildman–Crippen LogP) is 1.79. The lowest BCUT2D eigenvalue weighted by atomic mass is 9.85. The monoisotopic (exact) mass is 303 g/mol. The van der Waals surface area contributed by atoms with E-state index in [2.05, 4.69) is 20.7 Å². The van der Waals surface area contributed by atoms with Crippen molar-refractivity contribution in [2.45, 2.75) is 38.2 Å². The van der Waals surface area contributed by atoms with Gasteiger partial charge in [-0.1, -0.05) is 19.3 Å². The first-order chi connectivity index (χ1) is 10.7. The fraction of sp³-hybridized carbons (Fsp3) is 0.533. The van der Waals surface area contributed by atoms with E-state index in [9.17, 15) is 9.90 Å². The Labute approximate surface area is 128 Å². The van der Waals surface area contributed by atoms with Gasteiger partial charge in [-0.3, -0.25) is 5.32 Å². The van der Waals surface area contributed by atoms with Crippen LogP contribution < -0.4 is 10.6 Å². The molecule has 118 valence electrons. The number of carbonyl (C=O) groups excluding carboxylic acids is 1. The first kappa shape index (κ1) is 14.8. The molecule has 1 aliphatic carbocycles. The summed E-state index contributed by atoms with van der Waals surface area (Å²) < 4.78 is 1.55. The standard InChI is InChI=1S/C15H21N5O2/c21-12(11-4-2-1-3-5-11)10-17-15(22)19-14-6-8-16-13-7-9-18-20(13)14/h6-9,11-12,21H,1-5,10H2,(H2,17,19,22). The summed E-state index contributed by atoms with van der Waals surface area (Å²) >= 11 is 0. The van der Waals surface area contributed by atoms with Gasteiger partial charge in [0, 0.05) is 18.8 Å². The topological polar surface area (TPSA) is 91.5 Å². The van der Waals surface area contributed by atoms with Crippen LogP contribution in [0.15, 0.2) is 24.5 Å². The zero-order valence-electron chi connectivity index (χ0n) is 12.4. The number of urea groups is 1. The van der Waals surface area contributed by atoms with E-state index in [0.717, 1.165) is 12.8 Å². The quantitative estimate of drug-likeness (QED) is 0.803. The molecule has 0 spiro atoms. The van der Waals surface area contributed by atoms with Crippen molar-refractivity contribution in [1.29, 1.82) is 0 Å². The average molecular weight is 303 g/mol. The zero-order chi connectivity index (χ0) is 15.4. The number of carbonyl (C=O) groups is 1. The fourth-order valence-electron chi connectivity index (χ4n) is 2.97. The van der Waals surface area contributed by atoms with E-state index in [1.165, 1.54) is 19.3 Å². The Morgan fingerprint density at radius 3 is 2.95 bits per heavy atom. The second-order valence-corrected chi connectivity index (χ2v) is 5.73. The number of nitrogens with one attached hydrogen (secondary N) is 2. The van der Waals surface area contributed by atoms with Crippen molar-refractivity contribution in [3.8, 4) is 0 Å². The molecule has 2 aromatic rings. The molecule has 0 saturated heterocycles. The molecule has 7 nitrogen and oxygen atoms in total. The number of amides is 2. The van der Waals surface area contributed by atoms with E-state index in [-0.39, 0.29) is 12.6 Å². The number of anilines is 1. The third-order valence-electron chi connectivity index (χ3n) is 4.20. The number of aromatic nitrogens is 3. The van der Waals surface area contributed by atoms with E-state index in [1.807, 2.05) is 0 Å². The largest absolute Gasteiger partial charge is 0.391 e. The minimum atomic E-state index is -0.479. The summed E-state index contributed by atoms with van der Waals surface area (Å²) in [6, 6.07) is 3.09. The molecular weight excluding hydrogens is 282 g/mol. The lowest BCUT2D eigenvalue weighted by Gasteiger charge is -2.26. The second kappa shape index (κ2) is 6.74. The van der Waals surface area contributed by atoms with Crippen molar-refractivity contribution >= 4 is 17.5 Å². The summed E-state index contributed by atoms with van der Waals surface area (Å²) in [6.45, 7) is 0.268. The van der Waals surface area contributed by atoms with Crippen LogP contribution >= 0.6 is 0 Å². The smallest absolute Gasteiger partial charge is 0.320 e. The molecule has 0 radical (unpaired) electrons. The van der Waals surface area contributed by atoms with Gasteiger partial charge in [0.25, 0.3) is 0 Å². The number of aliphatic hydroxyl groups is 1. The minimum Gasteiger partial charge on any atom is -0.391 e.